The van der Waals surface area contributed by atoms with Crippen LogP contribution in [0.15, 0.2) is 36.5 Å². The Balaban J connectivity index is 4.17. The average molecular weight is 1110 g/mol. The second-order valence-electron chi connectivity index (χ2n) is 24.1. The minimum Gasteiger partial charge on any atom is -0.462 e. The lowest BCUT2D eigenvalue weighted by Crippen LogP contribution is -2.30. The Labute approximate surface area is 493 Å². The van der Waals surface area contributed by atoms with Crippen molar-refractivity contribution in [3.63, 3.8) is 0 Å². The normalized spacial score (nSPS) is 12.2. The highest BCUT2D eigenvalue weighted by Gasteiger charge is 2.19. The second-order valence-corrected chi connectivity index (χ2v) is 24.1. The zero-order chi connectivity index (χ0) is 57.1. The van der Waals surface area contributed by atoms with Crippen LogP contribution in [0.25, 0.3) is 0 Å². The molecule has 0 saturated heterocycles. The molecule has 0 aromatic heterocycles. The Bertz CT molecular complexity index is 1320. The van der Waals surface area contributed by atoms with Crippen LogP contribution >= 0.6 is 0 Å². The highest BCUT2D eigenvalue weighted by Crippen LogP contribution is 2.18. The summed E-state index contributed by atoms with van der Waals surface area (Å²) in [4.78, 5) is 38.4. The summed E-state index contributed by atoms with van der Waals surface area (Å²) in [6.45, 7) is 6.66. The molecule has 0 aromatic carbocycles. The Morgan fingerprint density at radius 2 is 0.430 bits per heavy atom. The number of rotatable bonds is 66. The van der Waals surface area contributed by atoms with E-state index in [4.69, 9.17) is 14.2 Å². The van der Waals surface area contributed by atoms with Crippen LogP contribution in [0.2, 0.25) is 0 Å². The summed E-state index contributed by atoms with van der Waals surface area (Å²) in [7, 11) is 0. The van der Waals surface area contributed by atoms with Crippen molar-refractivity contribution in [2.45, 2.75) is 399 Å². The summed E-state index contributed by atoms with van der Waals surface area (Å²) in [5.41, 5.74) is 0. The predicted molar refractivity (Wildman–Crippen MR) is 344 cm³/mol. The number of hydrogen-bond acceptors (Lipinski definition) is 6. The molecule has 0 spiro atoms. The van der Waals surface area contributed by atoms with Crippen LogP contribution < -0.4 is 0 Å². The van der Waals surface area contributed by atoms with Gasteiger partial charge in [0.25, 0.3) is 0 Å². The highest BCUT2D eigenvalue weighted by atomic mass is 16.6. The molecule has 0 amide bonds. The van der Waals surface area contributed by atoms with E-state index in [0.717, 1.165) is 64.2 Å². The summed E-state index contributed by atoms with van der Waals surface area (Å²) < 4.78 is 17.0. The number of carbonyl (C=O) groups is 3. The maximum atomic E-state index is 12.9. The van der Waals surface area contributed by atoms with Crippen molar-refractivity contribution in [2.24, 2.45) is 0 Å². The number of allylic oxidation sites excluding steroid dienone is 6. The molecule has 0 rings (SSSR count). The van der Waals surface area contributed by atoms with E-state index >= 15 is 0 Å². The summed E-state index contributed by atoms with van der Waals surface area (Å²) >= 11 is 0. The van der Waals surface area contributed by atoms with Crippen LogP contribution in [0, 0.1) is 0 Å². The lowest BCUT2D eigenvalue weighted by atomic mass is 10.0. The van der Waals surface area contributed by atoms with Crippen LogP contribution in [-0.2, 0) is 28.6 Å². The Morgan fingerprint density at radius 3 is 0.671 bits per heavy atom. The van der Waals surface area contributed by atoms with Gasteiger partial charge in [-0.1, -0.05) is 320 Å². The zero-order valence-electron chi connectivity index (χ0n) is 53.4. The maximum Gasteiger partial charge on any atom is 0.306 e. The van der Waals surface area contributed by atoms with E-state index in [-0.39, 0.29) is 31.1 Å². The first kappa shape index (κ1) is 76.6. The summed E-state index contributed by atoms with van der Waals surface area (Å²) in [6.07, 6.45) is 84.7. The van der Waals surface area contributed by atoms with Gasteiger partial charge in [0, 0.05) is 19.3 Å². The molecule has 79 heavy (non-hydrogen) atoms. The third-order valence-electron chi connectivity index (χ3n) is 16.1. The first-order valence-electron chi connectivity index (χ1n) is 35.5. The highest BCUT2D eigenvalue weighted by molar-refractivity contribution is 5.71. The fraction of sp³-hybridized carbons (Fsp3) is 0.877. The molecular weight excluding hydrogens is 973 g/mol. The van der Waals surface area contributed by atoms with Crippen LogP contribution in [0.1, 0.15) is 393 Å². The van der Waals surface area contributed by atoms with Crippen molar-refractivity contribution < 1.29 is 28.6 Å². The SMILES string of the molecule is CCCC/C=C\CCCCCCCC(=O)OCC(COC(=O)CCCCCCCCCCCCCCCCC/C=C\CCCCCCCCCC)OC(=O)CCCCCCCCCCCCC/C=C\CCCCCCCCCC. The van der Waals surface area contributed by atoms with Gasteiger partial charge in [-0.05, 0) is 89.9 Å². The molecular formula is C73H136O6. The predicted octanol–water partition coefficient (Wildman–Crippen LogP) is 24.3. The standard InChI is InChI=1S/C73H136O6/c1-4-7-10-13-16-19-22-24-26-28-30-32-34-35-36-37-39-40-42-44-46-48-51-54-57-60-63-66-72(75)78-69-70(68-77-71(74)65-62-59-56-53-50-21-18-15-12-9-6-3)79-73(76)67-64-61-58-55-52-49-47-45-43-41-38-33-31-29-27-25-23-20-17-14-11-8-5-2/h15,18,28-31,70H,4-14,16-17,19-27,32-69H2,1-3H3/b18-15-,30-28-,31-29-. The van der Waals surface area contributed by atoms with Gasteiger partial charge in [-0.3, -0.25) is 14.4 Å². The van der Waals surface area contributed by atoms with E-state index in [1.54, 1.807) is 0 Å². The third kappa shape index (κ3) is 66.3. The molecule has 0 radical (unpaired) electrons. The molecule has 0 heterocycles. The molecule has 6 nitrogen and oxygen atoms in total. The number of ether oxygens (including phenoxy) is 3. The lowest BCUT2D eigenvalue weighted by molar-refractivity contribution is -0.167. The fourth-order valence-electron chi connectivity index (χ4n) is 10.7. The molecule has 0 bridgehead atoms. The Kier molecular flexibility index (Phi) is 66.1. The van der Waals surface area contributed by atoms with E-state index in [9.17, 15) is 14.4 Å². The van der Waals surface area contributed by atoms with E-state index in [1.165, 1.54) is 289 Å². The number of carbonyl (C=O) groups excluding carboxylic acids is 3. The smallest absolute Gasteiger partial charge is 0.306 e. The molecule has 0 aliphatic carbocycles. The molecule has 1 unspecified atom stereocenters. The lowest BCUT2D eigenvalue weighted by Gasteiger charge is -2.18. The Morgan fingerprint density at radius 1 is 0.241 bits per heavy atom. The van der Waals surface area contributed by atoms with E-state index in [0.29, 0.717) is 19.3 Å². The van der Waals surface area contributed by atoms with Crippen molar-refractivity contribution in [3.05, 3.63) is 36.5 Å². The van der Waals surface area contributed by atoms with E-state index in [2.05, 4.69) is 57.2 Å². The zero-order valence-corrected chi connectivity index (χ0v) is 53.4. The van der Waals surface area contributed by atoms with Gasteiger partial charge < -0.3 is 14.2 Å². The second kappa shape index (κ2) is 68.1. The molecule has 464 valence electrons. The minimum absolute atomic E-state index is 0.0709. The van der Waals surface area contributed by atoms with Crippen molar-refractivity contribution in [1.82, 2.24) is 0 Å². The molecule has 0 fully saturated rings. The summed E-state index contributed by atoms with van der Waals surface area (Å²) in [5.74, 6) is -0.856. The maximum absolute atomic E-state index is 12.9. The first-order chi connectivity index (χ1) is 39.0. The average Bonchev–Trinajstić information content (AvgIpc) is 3.45. The van der Waals surface area contributed by atoms with Gasteiger partial charge >= 0.3 is 17.9 Å². The van der Waals surface area contributed by atoms with Crippen molar-refractivity contribution in [1.29, 1.82) is 0 Å². The molecule has 0 saturated carbocycles. The minimum atomic E-state index is -0.775. The number of esters is 3. The van der Waals surface area contributed by atoms with Crippen molar-refractivity contribution >= 4 is 17.9 Å². The van der Waals surface area contributed by atoms with Gasteiger partial charge in [-0.2, -0.15) is 0 Å². The van der Waals surface area contributed by atoms with Crippen LogP contribution in [-0.4, -0.2) is 37.2 Å². The van der Waals surface area contributed by atoms with Crippen LogP contribution in [0.5, 0.6) is 0 Å². The molecule has 0 N–H and O–H groups in total. The van der Waals surface area contributed by atoms with Gasteiger partial charge in [0.1, 0.15) is 13.2 Å². The topological polar surface area (TPSA) is 78.9 Å². The van der Waals surface area contributed by atoms with Gasteiger partial charge in [0.15, 0.2) is 6.10 Å². The molecule has 0 aliphatic rings. The third-order valence-corrected chi connectivity index (χ3v) is 16.1. The largest absolute Gasteiger partial charge is 0.462 e. The quantitative estimate of drug-likeness (QED) is 0.0261. The molecule has 1 atom stereocenters. The van der Waals surface area contributed by atoms with E-state index in [1.807, 2.05) is 0 Å². The van der Waals surface area contributed by atoms with Crippen LogP contribution in [0.4, 0.5) is 0 Å². The van der Waals surface area contributed by atoms with Crippen molar-refractivity contribution in [3.8, 4) is 0 Å². The van der Waals surface area contributed by atoms with Gasteiger partial charge in [0.05, 0.1) is 0 Å². The van der Waals surface area contributed by atoms with Crippen LogP contribution in [0.3, 0.4) is 0 Å². The molecule has 0 aromatic rings. The first-order valence-corrected chi connectivity index (χ1v) is 35.5. The molecule has 6 heteroatoms. The van der Waals surface area contributed by atoms with Crippen molar-refractivity contribution in [2.75, 3.05) is 13.2 Å². The fourth-order valence-corrected chi connectivity index (χ4v) is 10.7. The monoisotopic (exact) mass is 1110 g/mol. The van der Waals surface area contributed by atoms with E-state index < -0.39 is 6.10 Å². The number of hydrogen-bond donors (Lipinski definition) is 0. The summed E-state index contributed by atoms with van der Waals surface area (Å²) in [5, 5.41) is 0. The molecule has 0 aliphatic heterocycles. The van der Waals surface area contributed by atoms with Gasteiger partial charge in [-0.15, -0.1) is 0 Å². The van der Waals surface area contributed by atoms with Gasteiger partial charge in [0.2, 0.25) is 0 Å². The summed E-state index contributed by atoms with van der Waals surface area (Å²) in [6, 6.07) is 0. The van der Waals surface area contributed by atoms with Gasteiger partial charge in [-0.25, -0.2) is 0 Å². The Hall–Kier alpha value is -2.37. The number of unbranched alkanes of at least 4 members (excludes halogenated alkanes) is 49.